The minimum atomic E-state index is -0.256. The predicted octanol–water partition coefficient (Wildman–Crippen LogP) is 4.16. The predicted molar refractivity (Wildman–Crippen MR) is 139 cm³/mol. The molecule has 1 aliphatic heterocycles. The third-order valence-corrected chi connectivity index (χ3v) is 6.87. The Morgan fingerprint density at radius 2 is 1.67 bits per heavy atom. The molecule has 0 N–H and O–H groups in total. The molecule has 0 bridgehead atoms. The first-order chi connectivity index (χ1) is 17.4. The quantitative estimate of drug-likeness (QED) is 0.410. The maximum absolute atomic E-state index is 13.2. The molecule has 8 heteroatoms. The van der Waals surface area contributed by atoms with Gasteiger partial charge in [-0.25, -0.2) is 8.91 Å². The van der Waals surface area contributed by atoms with Crippen LogP contribution in [0.3, 0.4) is 0 Å². The third kappa shape index (κ3) is 4.89. The summed E-state index contributed by atoms with van der Waals surface area (Å²) >= 11 is 0. The van der Waals surface area contributed by atoms with Crippen LogP contribution < -0.4 is 10.5 Å². The lowest BCUT2D eigenvalue weighted by atomic mass is 10.0. The second-order valence-corrected chi connectivity index (χ2v) is 9.53. The Morgan fingerprint density at radius 1 is 0.972 bits per heavy atom. The standard InChI is InChI=1S/C28H30FN5O2/c1-20(2)21-3-5-22(6-4-21)25-19-26-28(36)33(17-18-34(26)30-25)12-11-27(35)32-15-13-31(14-16-32)24-9-7-23(29)8-10-24/h3-10,17-20H,11-16H2,1-2H3. The molecular formula is C28H30FN5O2. The van der Waals surface area contributed by atoms with Crippen molar-refractivity contribution in [1.82, 2.24) is 19.1 Å². The zero-order chi connectivity index (χ0) is 25.2. The van der Waals surface area contributed by atoms with Crippen LogP contribution in [0.5, 0.6) is 0 Å². The number of piperazine rings is 1. The number of hydrogen-bond acceptors (Lipinski definition) is 4. The molecule has 0 radical (unpaired) electrons. The van der Waals surface area contributed by atoms with Gasteiger partial charge in [0.05, 0.1) is 5.69 Å². The molecule has 186 valence electrons. The van der Waals surface area contributed by atoms with Crippen molar-refractivity contribution < 1.29 is 9.18 Å². The Bertz CT molecular complexity index is 1420. The summed E-state index contributed by atoms with van der Waals surface area (Å²) in [5.74, 6) is 0.224. The number of hydrogen-bond donors (Lipinski definition) is 0. The van der Waals surface area contributed by atoms with E-state index in [1.807, 2.05) is 17.0 Å². The molecule has 1 amide bonds. The lowest BCUT2D eigenvalue weighted by molar-refractivity contribution is -0.131. The van der Waals surface area contributed by atoms with Crippen molar-refractivity contribution in [1.29, 1.82) is 0 Å². The molecule has 0 unspecified atom stereocenters. The van der Waals surface area contributed by atoms with Crippen LogP contribution in [0.25, 0.3) is 16.8 Å². The van der Waals surface area contributed by atoms with Crippen LogP contribution in [0.1, 0.15) is 31.7 Å². The van der Waals surface area contributed by atoms with E-state index in [2.05, 4.69) is 36.0 Å². The molecule has 3 heterocycles. The fraction of sp³-hybridized carbons (Fsp3) is 0.321. The second kappa shape index (κ2) is 9.97. The summed E-state index contributed by atoms with van der Waals surface area (Å²) in [5, 5.41) is 4.57. The van der Waals surface area contributed by atoms with Crippen LogP contribution in [-0.2, 0) is 11.3 Å². The highest BCUT2D eigenvalue weighted by Gasteiger charge is 2.21. The summed E-state index contributed by atoms with van der Waals surface area (Å²) in [6.07, 6.45) is 3.70. The lowest BCUT2D eigenvalue weighted by Crippen LogP contribution is -2.49. The normalized spacial score (nSPS) is 14.1. The van der Waals surface area contributed by atoms with E-state index in [1.165, 1.54) is 17.7 Å². The highest BCUT2D eigenvalue weighted by molar-refractivity contribution is 5.76. The van der Waals surface area contributed by atoms with Crippen LogP contribution in [0.2, 0.25) is 0 Å². The Hall–Kier alpha value is -3.94. The molecule has 4 aromatic rings. The average Bonchev–Trinajstić information content (AvgIpc) is 3.34. The number of carbonyl (C=O) groups is 1. The molecule has 7 nitrogen and oxygen atoms in total. The average molecular weight is 488 g/mol. The summed E-state index contributed by atoms with van der Waals surface area (Å²) in [6.45, 7) is 7.22. The van der Waals surface area contributed by atoms with Gasteiger partial charge in [-0.1, -0.05) is 38.1 Å². The van der Waals surface area contributed by atoms with Crippen molar-refractivity contribution in [2.24, 2.45) is 0 Å². The minimum absolute atomic E-state index is 0.0277. The molecule has 0 spiro atoms. The Kier molecular flexibility index (Phi) is 6.59. The van der Waals surface area contributed by atoms with Gasteiger partial charge in [-0.3, -0.25) is 9.59 Å². The number of anilines is 1. The van der Waals surface area contributed by atoms with E-state index in [0.717, 1.165) is 16.9 Å². The SMILES string of the molecule is CC(C)c1ccc(-c2cc3c(=O)n(CCC(=O)N4CCN(c5ccc(F)cc5)CC4)ccn3n2)cc1. The largest absolute Gasteiger partial charge is 0.368 e. The van der Waals surface area contributed by atoms with Crippen LogP contribution >= 0.6 is 0 Å². The topological polar surface area (TPSA) is 62.9 Å². The minimum Gasteiger partial charge on any atom is -0.368 e. The Balaban J connectivity index is 1.22. The van der Waals surface area contributed by atoms with E-state index >= 15 is 0 Å². The number of benzene rings is 2. The zero-order valence-electron chi connectivity index (χ0n) is 20.6. The van der Waals surface area contributed by atoms with E-state index < -0.39 is 0 Å². The summed E-state index contributed by atoms with van der Waals surface area (Å²) in [4.78, 5) is 29.9. The maximum atomic E-state index is 13.2. The van der Waals surface area contributed by atoms with Gasteiger partial charge in [0, 0.05) is 62.8 Å². The van der Waals surface area contributed by atoms with Crippen LogP contribution in [0.4, 0.5) is 10.1 Å². The van der Waals surface area contributed by atoms with E-state index in [1.54, 1.807) is 39.7 Å². The monoisotopic (exact) mass is 487 g/mol. The van der Waals surface area contributed by atoms with Crippen molar-refractivity contribution in [2.45, 2.75) is 32.7 Å². The number of carbonyl (C=O) groups excluding carboxylic acids is 1. The van der Waals surface area contributed by atoms with Gasteiger partial charge >= 0.3 is 0 Å². The van der Waals surface area contributed by atoms with E-state index in [-0.39, 0.29) is 23.7 Å². The van der Waals surface area contributed by atoms with Crippen molar-refractivity contribution in [3.8, 4) is 11.3 Å². The molecule has 5 rings (SSSR count). The number of rotatable bonds is 6. The first-order valence-electron chi connectivity index (χ1n) is 12.4. The van der Waals surface area contributed by atoms with Gasteiger partial charge in [0.2, 0.25) is 5.91 Å². The van der Waals surface area contributed by atoms with E-state index in [4.69, 9.17) is 0 Å². The first-order valence-corrected chi connectivity index (χ1v) is 12.4. The first kappa shape index (κ1) is 23.8. The summed E-state index contributed by atoms with van der Waals surface area (Å²) in [6, 6.07) is 16.5. The van der Waals surface area contributed by atoms with Crippen LogP contribution in [0.15, 0.2) is 71.8 Å². The molecular weight excluding hydrogens is 457 g/mol. The van der Waals surface area contributed by atoms with Gasteiger partial charge < -0.3 is 14.4 Å². The number of amides is 1. The molecule has 36 heavy (non-hydrogen) atoms. The smallest absolute Gasteiger partial charge is 0.276 e. The van der Waals surface area contributed by atoms with Gasteiger partial charge in [-0.15, -0.1) is 0 Å². The molecule has 1 saturated heterocycles. The molecule has 0 aliphatic carbocycles. The maximum Gasteiger partial charge on any atom is 0.276 e. The number of halogens is 1. The van der Waals surface area contributed by atoms with Crippen molar-refractivity contribution in [3.63, 3.8) is 0 Å². The third-order valence-electron chi connectivity index (χ3n) is 6.87. The van der Waals surface area contributed by atoms with Gasteiger partial charge in [0.15, 0.2) is 0 Å². The van der Waals surface area contributed by atoms with Crippen molar-refractivity contribution in [2.75, 3.05) is 31.1 Å². The Labute approximate surface area is 209 Å². The molecule has 2 aromatic heterocycles. The van der Waals surface area contributed by atoms with Crippen molar-refractivity contribution in [3.05, 3.63) is 88.7 Å². The second-order valence-electron chi connectivity index (χ2n) is 9.53. The highest BCUT2D eigenvalue weighted by atomic mass is 19.1. The lowest BCUT2D eigenvalue weighted by Gasteiger charge is -2.36. The summed E-state index contributed by atoms with van der Waals surface area (Å²) in [7, 11) is 0. The number of nitrogens with zero attached hydrogens (tertiary/aromatic N) is 5. The number of fused-ring (bicyclic) bond motifs is 1. The van der Waals surface area contributed by atoms with Crippen LogP contribution in [-0.4, -0.2) is 51.2 Å². The number of aryl methyl sites for hydroxylation is 1. The number of aromatic nitrogens is 3. The summed E-state index contributed by atoms with van der Waals surface area (Å²) in [5.41, 5.74) is 4.25. The van der Waals surface area contributed by atoms with E-state index in [9.17, 15) is 14.0 Å². The fourth-order valence-corrected chi connectivity index (χ4v) is 4.62. The summed E-state index contributed by atoms with van der Waals surface area (Å²) < 4.78 is 16.4. The van der Waals surface area contributed by atoms with Crippen LogP contribution in [0, 0.1) is 5.82 Å². The zero-order valence-corrected chi connectivity index (χ0v) is 20.6. The van der Waals surface area contributed by atoms with E-state index in [0.29, 0.717) is 44.2 Å². The molecule has 1 aliphatic rings. The van der Waals surface area contributed by atoms with Gasteiger partial charge in [-0.2, -0.15) is 5.10 Å². The van der Waals surface area contributed by atoms with Gasteiger partial charge in [0.1, 0.15) is 11.3 Å². The fourth-order valence-electron chi connectivity index (χ4n) is 4.62. The molecule has 0 saturated carbocycles. The highest BCUT2D eigenvalue weighted by Crippen LogP contribution is 2.22. The van der Waals surface area contributed by atoms with Gasteiger partial charge in [-0.05, 0) is 41.8 Å². The molecule has 1 fully saturated rings. The molecule has 2 aromatic carbocycles. The van der Waals surface area contributed by atoms with Gasteiger partial charge in [0.25, 0.3) is 5.56 Å². The van der Waals surface area contributed by atoms with Crippen molar-refractivity contribution >= 4 is 17.1 Å². The Morgan fingerprint density at radius 3 is 2.33 bits per heavy atom. The molecule has 0 atom stereocenters.